The van der Waals surface area contributed by atoms with Crippen LogP contribution in [0.5, 0.6) is 0 Å². The quantitative estimate of drug-likeness (QED) is 0.844. The van der Waals surface area contributed by atoms with Gasteiger partial charge >= 0.3 is 0 Å². The summed E-state index contributed by atoms with van der Waals surface area (Å²) >= 11 is 15.2. The zero-order valence-electron chi connectivity index (χ0n) is 10.2. The summed E-state index contributed by atoms with van der Waals surface area (Å²) in [7, 11) is -3.83. The van der Waals surface area contributed by atoms with Gasteiger partial charge in [-0.15, -0.1) is 0 Å². The van der Waals surface area contributed by atoms with Gasteiger partial charge in [0, 0.05) is 21.9 Å². The maximum Gasteiger partial charge on any atom is 0.264 e. The minimum Gasteiger partial charge on any atom is -0.278 e. The Balaban J connectivity index is 2.44. The van der Waals surface area contributed by atoms with Gasteiger partial charge in [0.05, 0.1) is 10.7 Å². The van der Waals surface area contributed by atoms with Crippen molar-refractivity contribution in [2.75, 3.05) is 4.72 Å². The van der Waals surface area contributed by atoms with Crippen molar-refractivity contribution in [3.05, 3.63) is 50.7 Å². The van der Waals surface area contributed by atoms with Crippen LogP contribution in [0.3, 0.4) is 0 Å². The van der Waals surface area contributed by atoms with Crippen LogP contribution in [0.15, 0.2) is 40.0 Å². The van der Waals surface area contributed by atoms with Crippen LogP contribution in [0, 0.1) is 6.92 Å². The van der Waals surface area contributed by atoms with E-state index in [0.29, 0.717) is 15.2 Å². The van der Waals surface area contributed by atoms with Crippen molar-refractivity contribution in [3.63, 3.8) is 0 Å². The molecule has 0 aliphatic rings. The largest absolute Gasteiger partial charge is 0.278 e. The van der Waals surface area contributed by atoms with Crippen LogP contribution in [0.2, 0.25) is 10.0 Å². The van der Waals surface area contributed by atoms with Crippen molar-refractivity contribution >= 4 is 54.8 Å². The van der Waals surface area contributed by atoms with E-state index < -0.39 is 10.0 Å². The Morgan fingerprint density at radius 2 is 1.95 bits per heavy atom. The maximum atomic E-state index is 12.3. The van der Waals surface area contributed by atoms with E-state index in [1.54, 1.807) is 6.07 Å². The fraction of sp³-hybridized carbons (Fsp3) is 0.0833. The molecule has 8 heteroatoms. The van der Waals surface area contributed by atoms with E-state index in [-0.39, 0.29) is 9.92 Å². The molecule has 20 heavy (non-hydrogen) atoms. The normalized spacial score (nSPS) is 11.4. The molecule has 1 aromatic carbocycles. The second kappa shape index (κ2) is 5.89. The average Bonchev–Trinajstić information content (AvgIpc) is 2.36. The summed E-state index contributed by atoms with van der Waals surface area (Å²) in [5.74, 6) is 0. The van der Waals surface area contributed by atoms with Crippen molar-refractivity contribution in [2.24, 2.45) is 0 Å². The van der Waals surface area contributed by atoms with Gasteiger partial charge in [-0.3, -0.25) is 9.71 Å². The van der Waals surface area contributed by atoms with Gasteiger partial charge in [-0.05, 0) is 46.6 Å². The highest BCUT2D eigenvalue weighted by Crippen LogP contribution is 2.31. The lowest BCUT2D eigenvalue weighted by Gasteiger charge is -2.12. The lowest BCUT2D eigenvalue weighted by atomic mass is 10.2. The zero-order chi connectivity index (χ0) is 14.9. The lowest BCUT2D eigenvalue weighted by molar-refractivity contribution is 0.601. The first kappa shape index (κ1) is 15.6. The second-order valence-corrected chi connectivity index (χ2v) is 7.31. The SMILES string of the molecule is Cc1cc(Br)c(NS(=O)(=O)c2cnccc2Cl)cc1Cl. The summed E-state index contributed by atoms with van der Waals surface area (Å²) in [6.07, 6.45) is 2.61. The van der Waals surface area contributed by atoms with Gasteiger partial charge in [-0.1, -0.05) is 23.2 Å². The highest BCUT2D eigenvalue weighted by atomic mass is 79.9. The van der Waals surface area contributed by atoms with Gasteiger partial charge < -0.3 is 0 Å². The Kier molecular flexibility index (Phi) is 4.59. The third kappa shape index (κ3) is 3.25. The molecule has 0 aliphatic heterocycles. The number of hydrogen-bond acceptors (Lipinski definition) is 3. The van der Waals surface area contributed by atoms with Crippen molar-refractivity contribution in [2.45, 2.75) is 11.8 Å². The van der Waals surface area contributed by atoms with Crippen LogP contribution >= 0.6 is 39.1 Å². The lowest BCUT2D eigenvalue weighted by Crippen LogP contribution is -2.14. The number of pyridine rings is 1. The molecule has 1 N–H and O–H groups in total. The van der Waals surface area contributed by atoms with Gasteiger partial charge in [0.15, 0.2) is 0 Å². The van der Waals surface area contributed by atoms with Gasteiger partial charge in [0.2, 0.25) is 0 Å². The molecular formula is C12H9BrCl2N2O2S. The summed E-state index contributed by atoms with van der Waals surface area (Å²) < 4.78 is 27.6. The third-order valence-corrected chi connectivity index (χ3v) is 5.41. The standard InChI is InChI=1S/C12H9BrCl2N2O2S/c1-7-4-8(13)11(5-10(7)15)17-20(18,19)12-6-16-3-2-9(12)14/h2-6,17H,1H3. The molecule has 0 bridgehead atoms. The van der Waals surface area contributed by atoms with E-state index in [1.807, 2.05) is 6.92 Å². The molecule has 1 aromatic heterocycles. The molecule has 0 aliphatic carbocycles. The molecule has 2 aromatic rings. The first-order valence-corrected chi connectivity index (χ1v) is 8.42. The first-order valence-electron chi connectivity index (χ1n) is 5.39. The predicted molar refractivity (Wildman–Crippen MR) is 83.9 cm³/mol. The number of aromatic nitrogens is 1. The van der Waals surface area contributed by atoms with E-state index >= 15 is 0 Å². The highest BCUT2D eigenvalue weighted by Gasteiger charge is 2.19. The molecule has 0 atom stereocenters. The molecule has 0 fully saturated rings. The van der Waals surface area contributed by atoms with Crippen molar-refractivity contribution in [1.29, 1.82) is 0 Å². The molecule has 0 amide bonds. The fourth-order valence-corrected chi connectivity index (χ4v) is 3.84. The minimum atomic E-state index is -3.83. The minimum absolute atomic E-state index is 0.0923. The second-order valence-electron chi connectivity index (χ2n) is 3.99. The van der Waals surface area contributed by atoms with Crippen LogP contribution in [-0.2, 0) is 10.0 Å². The Labute approximate surface area is 135 Å². The summed E-state index contributed by atoms with van der Waals surface area (Å²) in [5, 5.41) is 0.560. The van der Waals surface area contributed by atoms with E-state index in [9.17, 15) is 8.42 Å². The van der Waals surface area contributed by atoms with Gasteiger partial charge in [0.25, 0.3) is 10.0 Å². The smallest absolute Gasteiger partial charge is 0.264 e. The van der Waals surface area contributed by atoms with Crippen LogP contribution in [-0.4, -0.2) is 13.4 Å². The van der Waals surface area contributed by atoms with Gasteiger partial charge in [0.1, 0.15) is 4.90 Å². The molecule has 0 radical (unpaired) electrons. The molecule has 0 saturated heterocycles. The van der Waals surface area contributed by atoms with E-state index in [0.717, 1.165) is 5.56 Å². The zero-order valence-corrected chi connectivity index (χ0v) is 14.1. The van der Waals surface area contributed by atoms with E-state index in [4.69, 9.17) is 23.2 Å². The van der Waals surface area contributed by atoms with Crippen LogP contribution < -0.4 is 4.72 Å². The van der Waals surface area contributed by atoms with Crippen LogP contribution in [0.4, 0.5) is 5.69 Å². The number of nitrogens with zero attached hydrogens (tertiary/aromatic N) is 1. The Morgan fingerprint density at radius 1 is 1.25 bits per heavy atom. The van der Waals surface area contributed by atoms with Crippen LogP contribution in [0.25, 0.3) is 0 Å². The number of benzene rings is 1. The van der Waals surface area contributed by atoms with Gasteiger partial charge in [-0.25, -0.2) is 8.42 Å². The van der Waals surface area contributed by atoms with E-state index in [2.05, 4.69) is 25.6 Å². The first-order chi connectivity index (χ1) is 9.31. The number of nitrogens with one attached hydrogen (secondary N) is 1. The molecule has 1 heterocycles. The molecular weight excluding hydrogens is 387 g/mol. The topological polar surface area (TPSA) is 59.1 Å². The van der Waals surface area contributed by atoms with Crippen molar-refractivity contribution < 1.29 is 8.42 Å². The Bertz CT molecular complexity index is 766. The van der Waals surface area contributed by atoms with Crippen LogP contribution in [0.1, 0.15) is 5.56 Å². The average molecular weight is 396 g/mol. The number of halogens is 3. The number of rotatable bonds is 3. The molecule has 0 saturated carbocycles. The molecule has 4 nitrogen and oxygen atoms in total. The summed E-state index contributed by atoms with van der Waals surface area (Å²) in [4.78, 5) is 3.67. The highest BCUT2D eigenvalue weighted by molar-refractivity contribution is 9.10. The number of sulfonamides is 1. The Hall–Kier alpha value is -0.820. The predicted octanol–water partition coefficient (Wildman–Crippen LogP) is 4.26. The summed E-state index contributed by atoms with van der Waals surface area (Å²) in [6, 6.07) is 4.67. The summed E-state index contributed by atoms with van der Waals surface area (Å²) in [5.41, 5.74) is 1.17. The monoisotopic (exact) mass is 394 g/mol. The molecule has 0 unspecified atom stereocenters. The van der Waals surface area contributed by atoms with Crippen molar-refractivity contribution in [1.82, 2.24) is 4.98 Å². The number of aryl methyl sites for hydroxylation is 1. The van der Waals surface area contributed by atoms with Gasteiger partial charge in [-0.2, -0.15) is 0 Å². The van der Waals surface area contributed by atoms with Crippen molar-refractivity contribution in [3.8, 4) is 0 Å². The third-order valence-electron chi connectivity index (χ3n) is 2.52. The molecule has 2 rings (SSSR count). The maximum absolute atomic E-state index is 12.3. The number of hydrogen-bond donors (Lipinski definition) is 1. The Morgan fingerprint density at radius 3 is 2.60 bits per heavy atom. The fourth-order valence-electron chi connectivity index (χ4n) is 1.48. The molecule has 106 valence electrons. The number of anilines is 1. The molecule has 0 spiro atoms. The van der Waals surface area contributed by atoms with E-state index in [1.165, 1.54) is 24.5 Å². The summed E-state index contributed by atoms with van der Waals surface area (Å²) in [6.45, 7) is 1.82.